The Morgan fingerprint density at radius 2 is 1.05 bits per heavy atom. The number of thioether (sulfide) groups is 2. The van der Waals surface area contributed by atoms with Crippen LogP contribution in [0.1, 0.15) is 0 Å². The second-order valence-corrected chi connectivity index (χ2v) is 6.17. The van der Waals surface area contributed by atoms with Crippen LogP contribution in [0.15, 0.2) is 34.1 Å². The van der Waals surface area contributed by atoms with E-state index < -0.39 is 61.2 Å². The van der Waals surface area contributed by atoms with Gasteiger partial charge in [0.1, 0.15) is 11.5 Å². The number of halogens is 6. The molecule has 0 atom stereocenters. The van der Waals surface area contributed by atoms with Crippen LogP contribution in [0.25, 0.3) is 10.8 Å². The first kappa shape index (κ1) is 16.9. The molecular formula is C12H6F6O2S2. The first-order chi connectivity index (χ1) is 9.98. The summed E-state index contributed by atoms with van der Waals surface area (Å²) in [7, 11) is 0. The van der Waals surface area contributed by atoms with Gasteiger partial charge in [-0.3, -0.25) is 0 Å². The SMILES string of the molecule is Oc1ccc2ccc(O)c(SC(F)(F)F)c2c1SC(F)(F)F. The topological polar surface area (TPSA) is 40.5 Å². The van der Waals surface area contributed by atoms with Crippen molar-refractivity contribution in [2.24, 2.45) is 0 Å². The fourth-order valence-electron chi connectivity index (χ4n) is 1.77. The maximum atomic E-state index is 12.6. The molecule has 2 rings (SSSR count). The summed E-state index contributed by atoms with van der Waals surface area (Å²) in [6.07, 6.45) is 0. The number of alkyl halides is 6. The van der Waals surface area contributed by atoms with Gasteiger partial charge < -0.3 is 10.2 Å². The molecule has 0 heterocycles. The third-order valence-electron chi connectivity index (χ3n) is 2.49. The Balaban J connectivity index is 2.77. The summed E-state index contributed by atoms with van der Waals surface area (Å²) >= 11 is -1.47. The Morgan fingerprint density at radius 3 is 1.36 bits per heavy atom. The van der Waals surface area contributed by atoms with Crippen molar-refractivity contribution in [3.05, 3.63) is 24.3 Å². The molecule has 0 aliphatic heterocycles. The predicted octanol–water partition coefficient (Wildman–Crippen LogP) is 5.47. The van der Waals surface area contributed by atoms with Crippen molar-refractivity contribution in [1.82, 2.24) is 0 Å². The molecule has 0 amide bonds. The highest BCUT2D eigenvalue weighted by molar-refractivity contribution is 8.01. The van der Waals surface area contributed by atoms with Crippen molar-refractivity contribution in [2.75, 3.05) is 0 Å². The van der Waals surface area contributed by atoms with Crippen LogP contribution in [0, 0.1) is 0 Å². The van der Waals surface area contributed by atoms with Gasteiger partial charge in [0.2, 0.25) is 0 Å². The minimum absolute atomic E-state index is 0.0362. The summed E-state index contributed by atoms with van der Waals surface area (Å²) in [5.41, 5.74) is -9.62. The van der Waals surface area contributed by atoms with Crippen molar-refractivity contribution in [3.63, 3.8) is 0 Å². The van der Waals surface area contributed by atoms with E-state index in [4.69, 9.17) is 0 Å². The van der Waals surface area contributed by atoms with Gasteiger partial charge in [0.25, 0.3) is 0 Å². The van der Waals surface area contributed by atoms with E-state index in [2.05, 4.69) is 0 Å². The fraction of sp³-hybridized carbons (Fsp3) is 0.167. The molecule has 0 fully saturated rings. The molecule has 0 saturated carbocycles. The van der Waals surface area contributed by atoms with Crippen LogP contribution in [-0.2, 0) is 0 Å². The van der Waals surface area contributed by atoms with Crippen molar-refractivity contribution >= 4 is 34.3 Å². The number of hydrogen-bond acceptors (Lipinski definition) is 4. The molecule has 0 bridgehead atoms. The molecule has 10 heteroatoms. The summed E-state index contributed by atoms with van der Waals surface area (Å²) in [6.45, 7) is 0. The Kier molecular flexibility index (Phi) is 4.35. The Labute approximate surface area is 128 Å². The third kappa shape index (κ3) is 3.86. The number of phenols is 2. The average molecular weight is 360 g/mol. The van der Waals surface area contributed by atoms with Gasteiger partial charge in [0.05, 0.1) is 9.79 Å². The van der Waals surface area contributed by atoms with Gasteiger partial charge in [-0.1, -0.05) is 12.1 Å². The molecular weight excluding hydrogens is 354 g/mol. The van der Waals surface area contributed by atoms with Crippen LogP contribution in [0.5, 0.6) is 11.5 Å². The molecule has 2 aromatic carbocycles. The van der Waals surface area contributed by atoms with Crippen LogP contribution >= 0.6 is 23.5 Å². The number of fused-ring (bicyclic) bond motifs is 1. The maximum absolute atomic E-state index is 12.6. The molecule has 0 radical (unpaired) electrons. The monoisotopic (exact) mass is 360 g/mol. The van der Waals surface area contributed by atoms with Gasteiger partial charge in [-0.25, -0.2) is 0 Å². The molecule has 2 aromatic rings. The quantitative estimate of drug-likeness (QED) is 0.550. The lowest BCUT2D eigenvalue weighted by atomic mass is 10.1. The van der Waals surface area contributed by atoms with Crippen LogP contribution < -0.4 is 0 Å². The van der Waals surface area contributed by atoms with E-state index in [1.807, 2.05) is 0 Å². The maximum Gasteiger partial charge on any atom is 0.446 e. The summed E-state index contributed by atoms with van der Waals surface area (Å²) in [5.74, 6) is -1.63. The summed E-state index contributed by atoms with van der Waals surface area (Å²) in [4.78, 5) is -1.57. The van der Waals surface area contributed by atoms with Crippen molar-refractivity contribution in [3.8, 4) is 11.5 Å². The molecule has 0 aliphatic carbocycles. The summed E-state index contributed by atoms with van der Waals surface area (Å²) in [6, 6.07) is 4.25. The molecule has 0 saturated heterocycles. The van der Waals surface area contributed by atoms with E-state index in [0.29, 0.717) is 0 Å². The number of rotatable bonds is 2. The van der Waals surface area contributed by atoms with E-state index >= 15 is 0 Å². The molecule has 0 aromatic heterocycles. The zero-order chi connectivity index (χ0) is 16.7. The van der Waals surface area contributed by atoms with Crippen LogP contribution in [0.2, 0.25) is 0 Å². The second kappa shape index (κ2) is 5.65. The average Bonchev–Trinajstić information content (AvgIpc) is 2.33. The molecule has 2 N–H and O–H groups in total. The van der Waals surface area contributed by atoms with E-state index in [1.54, 1.807) is 0 Å². The van der Waals surface area contributed by atoms with Gasteiger partial charge in [-0.05, 0) is 41.0 Å². The minimum Gasteiger partial charge on any atom is -0.507 e. The zero-order valence-corrected chi connectivity index (χ0v) is 11.9. The molecule has 22 heavy (non-hydrogen) atoms. The lowest BCUT2D eigenvalue weighted by Gasteiger charge is -2.15. The summed E-state index contributed by atoms with van der Waals surface area (Å²) in [5, 5.41) is 18.7. The van der Waals surface area contributed by atoms with Gasteiger partial charge in [0.15, 0.2) is 0 Å². The number of benzene rings is 2. The number of phenolic OH excluding ortho intramolecular Hbond substituents is 2. The highest BCUT2D eigenvalue weighted by Crippen LogP contribution is 2.51. The van der Waals surface area contributed by atoms with Gasteiger partial charge in [0, 0.05) is 5.39 Å². The zero-order valence-electron chi connectivity index (χ0n) is 10.3. The summed E-state index contributed by atoms with van der Waals surface area (Å²) < 4.78 is 75.5. The molecule has 2 nitrogen and oxygen atoms in total. The minimum atomic E-state index is -4.81. The van der Waals surface area contributed by atoms with Crippen molar-refractivity contribution in [1.29, 1.82) is 0 Å². The van der Waals surface area contributed by atoms with Crippen LogP contribution in [0.3, 0.4) is 0 Å². The fourth-order valence-corrected chi connectivity index (χ4v) is 3.29. The lowest BCUT2D eigenvalue weighted by Crippen LogP contribution is -2.02. The van der Waals surface area contributed by atoms with Gasteiger partial charge >= 0.3 is 11.0 Å². The van der Waals surface area contributed by atoms with Gasteiger partial charge in [-0.15, -0.1) is 0 Å². The Bertz CT molecular complexity index is 655. The smallest absolute Gasteiger partial charge is 0.446 e. The van der Waals surface area contributed by atoms with E-state index in [-0.39, 0.29) is 5.39 Å². The van der Waals surface area contributed by atoms with Crippen molar-refractivity contribution in [2.45, 2.75) is 20.8 Å². The van der Waals surface area contributed by atoms with E-state index in [9.17, 15) is 36.6 Å². The van der Waals surface area contributed by atoms with E-state index in [0.717, 1.165) is 12.1 Å². The van der Waals surface area contributed by atoms with Crippen LogP contribution in [-0.4, -0.2) is 21.2 Å². The Morgan fingerprint density at radius 1 is 0.682 bits per heavy atom. The Hall–Kier alpha value is -1.42. The third-order valence-corrected chi connectivity index (χ3v) is 4.18. The molecule has 0 spiro atoms. The lowest BCUT2D eigenvalue weighted by molar-refractivity contribution is -0.0335. The normalized spacial score (nSPS) is 12.8. The highest BCUT2D eigenvalue weighted by Gasteiger charge is 2.35. The first-order valence-corrected chi connectivity index (χ1v) is 7.10. The number of aromatic hydroxyl groups is 2. The highest BCUT2D eigenvalue weighted by atomic mass is 32.2. The first-order valence-electron chi connectivity index (χ1n) is 5.47. The number of hydrogen-bond donors (Lipinski definition) is 2. The van der Waals surface area contributed by atoms with E-state index in [1.165, 1.54) is 12.1 Å². The van der Waals surface area contributed by atoms with Crippen LogP contribution in [0.4, 0.5) is 26.3 Å². The standard InChI is InChI=1S/C12H6F6O2S2/c13-11(14,15)21-9-6(19)3-1-5-2-4-7(20)10(8(5)9)22-12(16,17)18/h1-4,19-20H. The van der Waals surface area contributed by atoms with Gasteiger partial charge in [-0.2, -0.15) is 26.3 Å². The van der Waals surface area contributed by atoms with Crippen molar-refractivity contribution < 1.29 is 36.6 Å². The largest absolute Gasteiger partial charge is 0.507 e. The predicted molar refractivity (Wildman–Crippen MR) is 71.1 cm³/mol. The molecule has 0 aliphatic rings. The second-order valence-electron chi connectivity index (χ2n) is 4.02. The molecule has 0 unspecified atom stereocenters. The molecule has 120 valence electrons.